The second-order valence-electron chi connectivity index (χ2n) is 4.76. The molecule has 2 atom stereocenters. The van der Waals surface area contributed by atoms with E-state index in [0.29, 0.717) is 5.25 Å². The van der Waals surface area contributed by atoms with Crippen LogP contribution < -0.4 is 10.5 Å². The van der Waals surface area contributed by atoms with Gasteiger partial charge >= 0.3 is 0 Å². The fourth-order valence-electron chi connectivity index (χ4n) is 2.53. The van der Waals surface area contributed by atoms with Gasteiger partial charge in [0.1, 0.15) is 5.75 Å². The molecule has 2 N–H and O–H groups in total. The Bertz CT molecular complexity index is 567. The highest BCUT2D eigenvalue weighted by Gasteiger charge is 2.29. The fourth-order valence-corrected chi connectivity index (χ4v) is 3.73. The summed E-state index contributed by atoms with van der Waals surface area (Å²) < 4.78 is 5.18. The van der Waals surface area contributed by atoms with Gasteiger partial charge in [0.05, 0.1) is 7.11 Å². The number of hydrogen-bond donors (Lipinski definition) is 1. The van der Waals surface area contributed by atoms with Crippen LogP contribution in [0.4, 0.5) is 0 Å². The highest BCUT2D eigenvalue weighted by molar-refractivity contribution is 8.00. The Hall–Kier alpha value is -1.45. The standard InChI is InChI=1S/C16H17NOS/c1-18-12-6-8-13(9-7-12)19-15-10-11-4-2-3-5-14(11)16(15)17/h2-9,15-16H,10,17H2,1H3. The van der Waals surface area contributed by atoms with Crippen molar-refractivity contribution in [3.05, 3.63) is 59.7 Å². The van der Waals surface area contributed by atoms with Crippen LogP contribution in [0.3, 0.4) is 0 Å². The molecule has 0 aliphatic heterocycles. The van der Waals surface area contributed by atoms with Gasteiger partial charge in [0.2, 0.25) is 0 Å². The summed E-state index contributed by atoms with van der Waals surface area (Å²) in [6, 6.07) is 16.8. The Morgan fingerprint density at radius 1 is 1.11 bits per heavy atom. The van der Waals surface area contributed by atoms with Crippen LogP contribution in [0.25, 0.3) is 0 Å². The molecule has 0 saturated heterocycles. The van der Waals surface area contributed by atoms with Crippen molar-refractivity contribution in [2.45, 2.75) is 22.6 Å². The maximum absolute atomic E-state index is 6.35. The largest absolute Gasteiger partial charge is 0.497 e. The van der Waals surface area contributed by atoms with Gasteiger partial charge in [-0.05, 0) is 41.8 Å². The van der Waals surface area contributed by atoms with Crippen molar-refractivity contribution in [3.63, 3.8) is 0 Å². The third-order valence-electron chi connectivity index (χ3n) is 3.58. The zero-order chi connectivity index (χ0) is 13.2. The first-order chi connectivity index (χ1) is 9.28. The van der Waals surface area contributed by atoms with Crippen molar-refractivity contribution in [1.82, 2.24) is 0 Å². The molecule has 0 saturated carbocycles. The molecule has 0 fully saturated rings. The van der Waals surface area contributed by atoms with Crippen LogP contribution in [-0.2, 0) is 6.42 Å². The minimum atomic E-state index is 0.128. The zero-order valence-corrected chi connectivity index (χ0v) is 11.7. The predicted octanol–water partition coefficient (Wildman–Crippen LogP) is 3.41. The lowest BCUT2D eigenvalue weighted by atomic mass is 10.1. The molecule has 1 aliphatic carbocycles. The fraction of sp³-hybridized carbons (Fsp3) is 0.250. The summed E-state index contributed by atoms with van der Waals surface area (Å²) in [7, 11) is 1.69. The van der Waals surface area contributed by atoms with E-state index in [0.717, 1.165) is 12.2 Å². The Kier molecular flexibility index (Phi) is 3.49. The molecular weight excluding hydrogens is 254 g/mol. The molecule has 2 aromatic carbocycles. The minimum absolute atomic E-state index is 0.128. The SMILES string of the molecule is COc1ccc(SC2Cc3ccccc3C2N)cc1. The quantitative estimate of drug-likeness (QED) is 0.929. The van der Waals surface area contributed by atoms with Gasteiger partial charge in [-0.1, -0.05) is 24.3 Å². The van der Waals surface area contributed by atoms with Gasteiger partial charge in [0, 0.05) is 16.2 Å². The van der Waals surface area contributed by atoms with E-state index >= 15 is 0 Å². The van der Waals surface area contributed by atoms with E-state index in [1.807, 2.05) is 23.9 Å². The van der Waals surface area contributed by atoms with Crippen molar-refractivity contribution in [2.24, 2.45) is 5.73 Å². The molecule has 0 spiro atoms. The van der Waals surface area contributed by atoms with E-state index in [9.17, 15) is 0 Å². The molecule has 3 rings (SSSR count). The average molecular weight is 271 g/mol. The molecular formula is C16H17NOS. The lowest BCUT2D eigenvalue weighted by Crippen LogP contribution is -2.18. The van der Waals surface area contributed by atoms with Crippen LogP contribution in [0.1, 0.15) is 17.2 Å². The lowest BCUT2D eigenvalue weighted by Gasteiger charge is -2.15. The average Bonchev–Trinajstić information content (AvgIpc) is 2.77. The third-order valence-corrected chi connectivity index (χ3v) is 4.89. The topological polar surface area (TPSA) is 35.2 Å². The summed E-state index contributed by atoms with van der Waals surface area (Å²) in [5, 5.41) is 0.422. The van der Waals surface area contributed by atoms with Gasteiger partial charge in [-0.2, -0.15) is 0 Å². The normalized spacial score (nSPS) is 21.2. The molecule has 2 aromatic rings. The van der Waals surface area contributed by atoms with E-state index in [2.05, 4.69) is 36.4 Å². The molecule has 19 heavy (non-hydrogen) atoms. The highest BCUT2D eigenvalue weighted by atomic mass is 32.2. The number of fused-ring (bicyclic) bond motifs is 1. The number of rotatable bonds is 3. The van der Waals surface area contributed by atoms with E-state index in [1.54, 1.807) is 7.11 Å². The highest BCUT2D eigenvalue weighted by Crippen LogP contribution is 2.40. The van der Waals surface area contributed by atoms with Gasteiger partial charge < -0.3 is 10.5 Å². The van der Waals surface area contributed by atoms with Gasteiger partial charge in [-0.25, -0.2) is 0 Å². The molecule has 3 heteroatoms. The zero-order valence-electron chi connectivity index (χ0n) is 10.9. The number of methoxy groups -OCH3 is 1. The molecule has 0 aromatic heterocycles. The van der Waals surface area contributed by atoms with Gasteiger partial charge in [0.25, 0.3) is 0 Å². The molecule has 0 heterocycles. The van der Waals surface area contributed by atoms with Crippen LogP contribution >= 0.6 is 11.8 Å². The van der Waals surface area contributed by atoms with E-state index < -0.39 is 0 Å². The summed E-state index contributed by atoms with van der Waals surface area (Å²) in [5.41, 5.74) is 9.04. The number of ether oxygens (including phenoxy) is 1. The number of benzene rings is 2. The first-order valence-electron chi connectivity index (χ1n) is 6.42. The van der Waals surface area contributed by atoms with Gasteiger partial charge in [0.15, 0.2) is 0 Å². The first-order valence-corrected chi connectivity index (χ1v) is 7.30. The van der Waals surface area contributed by atoms with E-state index in [1.165, 1.54) is 16.0 Å². The van der Waals surface area contributed by atoms with Crippen LogP contribution in [0.5, 0.6) is 5.75 Å². The Morgan fingerprint density at radius 2 is 1.84 bits per heavy atom. The van der Waals surface area contributed by atoms with Crippen molar-refractivity contribution < 1.29 is 4.74 Å². The number of hydrogen-bond acceptors (Lipinski definition) is 3. The molecule has 2 nitrogen and oxygen atoms in total. The van der Waals surface area contributed by atoms with Crippen molar-refractivity contribution in [3.8, 4) is 5.75 Å². The van der Waals surface area contributed by atoms with Crippen molar-refractivity contribution in [2.75, 3.05) is 7.11 Å². The minimum Gasteiger partial charge on any atom is -0.497 e. The Balaban J connectivity index is 1.75. The molecule has 98 valence electrons. The predicted molar refractivity (Wildman–Crippen MR) is 79.7 cm³/mol. The maximum atomic E-state index is 6.35. The molecule has 0 amide bonds. The van der Waals surface area contributed by atoms with Gasteiger partial charge in [-0.15, -0.1) is 11.8 Å². The summed E-state index contributed by atoms with van der Waals surface area (Å²) in [6.07, 6.45) is 1.05. The molecule has 1 aliphatic rings. The molecule has 2 unspecified atom stereocenters. The van der Waals surface area contributed by atoms with Crippen LogP contribution in [0, 0.1) is 0 Å². The summed E-state index contributed by atoms with van der Waals surface area (Å²) in [5.74, 6) is 0.892. The second-order valence-corrected chi connectivity index (χ2v) is 6.07. The first kappa shape index (κ1) is 12.6. The number of nitrogens with two attached hydrogens (primary N) is 1. The monoisotopic (exact) mass is 271 g/mol. The van der Waals surface area contributed by atoms with Crippen molar-refractivity contribution in [1.29, 1.82) is 0 Å². The van der Waals surface area contributed by atoms with Crippen LogP contribution in [-0.4, -0.2) is 12.4 Å². The smallest absolute Gasteiger partial charge is 0.118 e. The van der Waals surface area contributed by atoms with E-state index in [-0.39, 0.29) is 6.04 Å². The summed E-state index contributed by atoms with van der Waals surface area (Å²) >= 11 is 1.85. The van der Waals surface area contributed by atoms with E-state index in [4.69, 9.17) is 10.5 Å². The number of thioether (sulfide) groups is 1. The van der Waals surface area contributed by atoms with Crippen LogP contribution in [0.15, 0.2) is 53.4 Å². The third kappa shape index (κ3) is 2.48. The van der Waals surface area contributed by atoms with Crippen molar-refractivity contribution >= 4 is 11.8 Å². The second kappa shape index (κ2) is 5.27. The maximum Gasteiger partial charge on any atom is 0.118 e. The lowest BCUT2D eigenvalue weighted by molar-refractivity contribution is 0.414. The summed E-state index contributed by atoms with van der Waals surface area (Å²) in [6.45, 7) is 0. The molecule has 0 radical (unpaired) electrons. The summed E-state index contributed by atoms with van der Waals surface area (Å²) in [4.78, 5) is 1.24. The molecule has 0 bridgehead atoms. The van der Waals surface area contributed by atoms with Crippen LogP contribution in [0.2, 0.25) is 0 Å². The Labute approximate surface area is 118 Å². The Morgan fingerprint density at radius 3 is 2.53 bits per heavy atom. The van der Waals surface area contributed by atoms with Gasteiger partial charge in [-0.3, -0.25) is 0 Å².